The Labute approximate surface area is 257 Å². The van der Waals surface area contributed by atoms with E-state index in [0.29, 0.717) is 5.31 Å². The van der Waals surface area contributed by atoms with Crippen molar-refractivity contribution in [2.24, 2.45) is 10.9 Å². The molecule has 0 radical (unpaired) electrons. The van der Waals surface area contributed by atoms with Crippen LogP contribution in [0.3, 0.4) is 0 Å². The van der Waals surface area contributed by atoms with Crippen LogP contribution in [-0.4, -0.2) is 60.8 Å². The van der Waals surface area contributed by atoms with Gasteiger partial charge in [0.25, 0.3) is 0 Å². The summed E-state index contributed by atoms with van der Waals surface area (Å²) in [4.78, 5) is 30.1. The number of amides is 2. The van der Waals surface area contributed by atoms with E-state index in [4.69, 9.17) is 41.1 Å². The molecule has 1 rings (SSSR count). The fourth-order valence-corrected chi connectivity index (χ4v) is 5.79. The zero-order valence-electron chi connectivity index (χ0n) is 27.2. The van der Waals surface area contributed by atoms with Gasteiger partial charge in [-0.2, -0.15) is 0 Å². The molecule has 242 valence electrons. The van der Waals surface area contributed by atoms with Crippen molar-refractivity contribution in [2.75, 3.05) is 13.2 Å². The van der Waals surface area contributed by atoms with E-state index in [1.807, 2.05) is 20.8 Å². The Morgan fingerprint density at radius 1 is 0.977 bits per heavy atom. The minimum absolute atomic E-state index is 0.00831. The molecule has 0 aromatic rings. The molecule has 2 amide bonds. The first-order chi connectivity index (χ1) is 20.0. The Hall–Kier alpha value is -2.82. The molecule has 0 saturated heterocycles. The molecular formula is C31H50N3O8P. The van der Waals surface area contributed by atoms with Crippen LogP contribution in [0.2, 0.25) is 0 Å². The normalized spacial score (nSPS) is 19.0. The summed E-state index contributed by atoms with van der Waals surface area (Å²) in [6.07, 6.45) is 12.4. The van der Waals surface area contributed by atoms with Crippen LogP contribution in [0, 0.1) is 30.6 Å². The highest BCUT2D eigenvalue weighted by Crippen LogP contribution is 2.60. The molecule has 0 aromatic heterocycles. The van der Waals surface area contributed by atoms with Gasteiger partial charge in [0.2, 0.25) is 5.96 Å². The minimum atomic E-state index is -3.87. The lowest BCUT2D eigenvalue weighted by molar-refractivity contribution is -0.0244. The maximum Gasteiger partial charge on any atom is 0.414 e. The summed E-state index contributed by atoms with van der Waals surface area (Å²) in [5.41, 5.74) is -1.61. The third-order valence-electron chi connectivity index (χ3n) is 6.06. The second-order valence-electron chi connectivity index (χ2n) is 12.1. The molecule has 0 unspecified atom stereocenters. The number of carbonyl (C=O) groups is 2. The Morgan fingerprint density at radius 3 is 1.84 bits per heavy atom. The smallest absolute Gasteiger partial charge is 0.414 e. The van der Waals surface area contributed by atoms with Gasteiger partial charge >= 0.3 is 19.8 Å². The molecule has 0 heterocycles. The van der Waals surface area contributed by atoms with E-state index in [0.717, 1.165) is 12.8 Å². The second-order valence-corrected chi connectivity index (χ2v) is 14.2. The highest BCUT2D eigenvalue weighted by molar-refractivity contribution is 7.58. The van der Waals surface area contributed by atoms with Crippen LogP contribution in [0.15, 0.2) is 16.4 Å². The lowest BCUT2D eigenvalue weighted by Crippen LogP contribution is -2.48. The van der Waals surface area contributed by atoms with Gasteiger partial charge < -0.3 is 23.3 Å². The van der Waals surface area contributed by atoms with Gasteiger partial charge in [-0.05, 0) is 60.5 Å². The number of terminal acetylenes is 2. The van der Waals surface area contributed by atoms with E-state index < -0.39 is 43.1 Å². The van der Waals surface area contributed by atoms with Crippen molar-refractivity contribution >= 4 is 25.7 Å². The van der Waals surface area contributed by atoms with Crippen LogP contribution in [0.25, 0.3) is 0 Å². The van der Waals surface area contributed by atoms with Gasteiger partial charge in [-0.15, -0.1) is 24.7 Å². The van der Waals surface area contributed by atoms with Crippen molar-refractivity contribution in [3.8, 4) is 24.7 Å². The standard InChI is InChI=1S/C31H50N3O8P/c1-12-16-18-38-43(37,39-19-17-13-2)24-20-25(22(5)26(21-24)40-23(14-3)15-4)32-27(33-28(35)41-30(6,7)8)34-29(36)42-31(9,10)11/h1-2,21-23,25-26H,14-20H2,3-11H3,(H2,32,33,34,35,36)/t22-,25+,26-/m1/s1. The van der Waals surface area contributed by atoms with Crippen molar-refractivity contribution in [1.82, 2.24) is 10.6 Å². The number of rotatable bonds is 12. The first kappa shape index (κ1) is 38.2. The second kappa shape index (κ2) is 17.5. The molecule has 1 aliphatic rings. The van der Waals surface area contributed by atoms with Gasteiger partial charge in [-0.1, -0.05) is 20.8 Å². The van der Waals surface area contributed by atoms with Crippen molar-refractivity contribution in [3.05, 3.63) is 11.4 Å². The predicted molar refractivity (Wildman–Crippen MR) is 167 cm³/mol. The van der Waals surface area contributed by atoms with E-state index >= 15 is 0 Å². The molecule has 12 heteroatoms. The molecule has 0 aliphatic heterocycles. The molecule has 0 fully saturated rings. The van der Waals surface area contributed by atoms with Crippen molar-refractivity contribution < 1.29 is 37.4 Å². The third kappa shape index (κ3) is 14.5. The molecule has 3 atom stereocenters. The average molecular weight is 624 g/mol. The predicted octanol–water partition coefficient (Wildman–Crippen LogP) is 6.53. The van der Waals surface area contributed by atoms with Crippen LogP contribution in [0.1, 0.15) is 94.4 Å². The number of alkyl carbamates (subject to hydrolysis) is 2. The summed E-state index contributed by atoms with van der Waals surface area (Å²) in [5.74, 6) is 4.47. The van der Waals surface area contributed by atoms with Crippen LogP contribution < -0.4 is 10.6 Å². The van der Waals surface area contributed by atoms with E-state index in [1.165, 1.54) is 0 Å². The Balaban J connectivity index is 3.60. The molecule has 11 nitrogen and oxygen atoms in total. The molecule has 2 N–H and O–H groups in total. The monoisotopic (exact) mass is 623 g/mol. The van der Waals surface area contributed by atoms with Crippen molar-refractivity contribution in [1.29, 1.82) is 0 Å². The number of hydrogen-bond acceptors (Lipinski definition) is 9. The Bertz CT molecular complexity index is 1060. The first-order valence-electron chi connectivity index (χ1n) is 14.7. The van der Waals surface area contributed by atoms with Gasteiger partial charge in [-0.25, -0.2) is 14.6 Å². The number of nitrogens with zero attached hydrogens (tertiary/aromatic N) is 1. The zero-order chi connectivity index (χ0) is 32.8. The third-order valence-corrected chi connectivity index (χ3v) is 8.14. The lowest BCUT2D eigenvalue weighted by atomic mass is 9.88. The fourth-order valence-electron chi connectivity index (χ4n) is 3.98. The summed E-state index contributed by atoms with van der Waals surface area (Å²) in [6.45, 7) is 16.2. The van der Waals surface area contributed by atoms with Gasteiger partial charge in [0, 0.05) is 30.5 Å². The van der Waals surface area contributed by atoms with Crippen LogP contribution in [-0.2, 0) is 27.8 Å². The Kier molecular flexibility index (Phi) is 15.5. The number of nitrogens with one attached hydrogen (secondary N) is 2. The number of aliphatic imine (C=N–C) groups is 1. The maximum atomic E-state index is 14.2. The number of carbonyl (C=O) groups excluding carboxylic acids is 2. The van der Waals surface area contributed by atoms with E-state index in [2.05, 4.69) is 22.5 Å². The van der Waals surface area contributed by atoms with Crippen LogP contribution >= 0.6 is 7.60 Å². The molecule has 0 aromatic carbocycles. The van der Waals surface area contributed by atoms with Crippen molar-refractivity contribution in [2.45, 2.75) is 124 Å². The topological polar surface area (TPSA) is 134 Å². The summed E-state index contributed by atoms with van der Waals surface area (Å²) in [7, 11) is -3.87. The highest BCUT2D eigenvalue weighted by Gasteiger charge is 2.41. The van der Waals surface area contributed by atoms with E-state index in [9.17, 15) is 14.2 Å². The largest absolute Gasteiger partial charge is 0.444 e. The van der Waals surface area contributed by atoms with E-state index in [1.54, 1.807) is 47.6 Å². The van der Waals surface area contributed by atoms with Gasteiger partial charge in [-0.3, -0.25) is 15.2 Å². The van der Waals surface area contributed by atoms with Crippen molar-refractivity contribution in [3.63, 3.8) is 0 Å². The molecule has 0 saturated carbocycles. The van der Waals surface area contributed by atoms with E-state index in [-0.39, 0.29) is 50.5 Å². The minimum Gasteiger partial charge on any atom is -0.444 e. The SMILES string of the molecule is C#CCCOP(=O)(OCCC#C)C1=C[C@@H](OC(CC)CC)[C@H](C)[C@@H](N=C(NC(=O)OC(C)(C)C)NC(=O)OC(C)(C)C)C1. The maximum absolute atomic E-state index is 14.2. The van der Waals surface area contributed by atoms with Crippen LogP contribution in [0.4, 0.5) is 9.59 Å². The van der Waals surface area contributed by atoms with Gasteiger partial charge in [0.1, 0.15) is 11.2 Å². The number of ether oxygens (including phenoxy) is 3. The molecule has 43 heavy (non-hydrogen) atoms. The average Bonchev–Trinajstić information content (AvgIpc) is 2.87. The summed E-state index contributed by atoms with van der Waals surface area (Å²) in [6, 6.07) is -0.639. The zero-order valence-corrected chi connectivity index (χ0v) is 28.0. The molecule has 0 spiro atoms. The highest BCUT2D eigenvalue weighted by atomic mass is 31.2. The summed E-state index contributed by atoms with van der Waals surface area (Å²) >= 11 is 0. The quantitative estimate of drug-likeness (QED) is 0.0824. The molecule has 0 bridgehead atoms. The number of guanidine groups is 1. The summed E-state index contributed by atoms with van der Waals surface area (Å²) in [5, 5.41) is 5.37. The van der Waals surface area contributed by atoms with Gasteiger partial charge in [0.05, 0.1) is 31.5 Å². The summed E-state index contributed by atoms with van der Waals surface area (Å²) < 4.78 is 42.9. The lowest BCUT2D eigenvalue weighted by Gasteiger charge is -2.36. The molecular weight excluding hydrogens is 573 g/mol. The number of hydrogen-bond donors (Lipinski definition) is 2. The molecule has 1 aliphatic carbocycles. The van der Waals surface area contributed by atoms with Crippen LogP contribution in [0.5, 0.6) is 0 Å². The first-order valence-corrected chi connectivity index (χ1v) is 16.2. The Morgan fingerprint density at radius 2 is 1.44 bits per heavy atom. The van der Waals surface area contributed by atoms with Gasteiger partial charge in [0.15, 0.2) is 0 Å². The fraction of sp³-hybridized carbons (Fsp3) is 0.710.